The highest BCUT2D eigenvalue weighted by molar-refractivity contribution is 7.81. The van der Waals surface area contributed by atoms with E-state index in [4.69, 9.17) is 8.47 Å². The van der Waals surface area contributed by atoms with E-state index < -0.39 is 10.4 Å². The minimum atomic E-state index is -4.08. The molecule has 1 heterocycles. The van der Waals surface area contributed by atoms with Crippen LogP contribution in [-0.2, 0) is 25.9 Å². The highest BCUT2D eigenvalue weighted by atomic mass is 32.3. The second kappa shape index (κ2) is 8.94. The molecule has 0 amide bonds. The predicted octanol–water partition coefficient (Wildman–Crippen LogP) is 2.81. The molecule has 0 fully saturated rings. The Morgan fingerprint density at radius 2 is 1.96 bits per heavy atom. The topological polar surface area (TPSA) is 97.3 Å². The van der Waals surface area contributed by atoms with Crippen LogP contribution in [0.25, 0.3) is 0 Å². The number of anilines is 1. The van der Waals surface area contributed by atoms with Gasteiger partial charge in [-0.15, -0.1) is 4.28 Å². The summed E-state index contributed by atoms with van der Waals surface area (Å²) >= 11 is 1.24. The van der Waals surface area contributed by atoms with Crippen molar-refractivity contribution in [2.75, 3.05) is 18.2 Å². The van der Waals surface area contributed by atoms with Crippen LogP contribution in [-0.4, -0.2) is 25.9 Å². The van der Waals surface area contributed by atoms with Crippen molar-refractivity contribution in [2.45, 2.75) is 20.3 Å². The molecular weight excluding hydrogens is 366 g/mol. The van der Waals surface area contributed by atoms with Gasteiger partial charge in [-0.3, -0.25) is 0 Å². The molecule has 25 heavy (non-hydrogen) atoms. The van der Waals surface area contributed by atoms with Gasteiger partial charge >= 0.3 is 15.5 Å². The van der Waals surface area contributed by atoms with Gasteiger partial charge < -0.3 is 0 Å². The van der Waals surface area contributed by atoms with E-state index in [-0.39, 0.29) is 6.61 Å². The van der Waals surface area contributed by atoms with E-state index in [2.05, 4.69) is 14.6 Å². The number of aryl methyl sites for hydroxylation is 1. The average molecular weight is 386 g/mol. The van der Waals surface area contributed by atoms with Gasteiger partial charge in [0.25, 0.3) is 0 Å². The Bertz CT molecular complexity index is 805. The lowest BCUT2D eigenvalue weighted by Gasteiger charge is -2.20. The molecule has 1 aromatic carbocycles. The lowest BCUT2D eigenvalue weighted by atomic mass is 10.3. The maximum absolute atomic E-state index is 11.7. The molecule has 0 saturated heterocycles. The molecule has 0 saturated carbocycles. The summed E-state index contributed by atoms with van der Waals surface area (Å²) in [4.78, 5) is 0. The maximum Gasteiger partial charge on any atom is 0.421 e. The number of azo groups is 1. The van der Waals surface area contributed by atoms with Gasteiger partial charge in [0.2, 0.25) is 6.33 Å². The molecule has 2 aromatic rings. The highest BCUT2D eigenvalue weighted by Crippen LogP contribution is 2.23. The quantitative estimate of drug-likeness (QED) is 0.373. The smallest absolute Gasteiger partial charge is 0.247 e. The van der Waals surface area contributed by atoms with Crippen LogP contribution in [0.5, 0.6) is 0 Å². The number of hydrogen-bond donors (Lipinski definition) is 0. The zero-order chi connectivity index (χ0) is 18.3. The number of nitrogens with zero attached hydrogens (tertiary/aromatic N) is 5. The van der Waals surface area contributed by atoms with Crippen LogP contribution >= 0.6 is 11.5 Å². The minimum Gasteiger partial charge on any atom is -0.247 e. The van der Waals surface area contributed by atoms with Crippen molar-refractivity contribution in [1.29, 1.82) is 0 Å². The molecule has 0 aliphatic rings. The van der Waals surface area contributed by atoms with E-state index in [0.717, 1.165) is 0 Å². The van der Waals surface area contributed by atoms with Crippen LogP contribution in [0.4, 0.5) is 16.5 Å². The summed E-state index contributed by atoms with van der Waals surface area (Å²) in [5.74, 6) is 0. The van der Waals surface area contributed by atoms with Crippen LogP contribution in [0.1, 0.15) is 20.3 Å². The third kappa shape index (κ3) is 5.81. The normalized spacial score (nSPS) is 12.0. The van der Waals surface area contributed by atoms with Gasteiger partial charge in [-0.05, 0) is 42.0 Å². The van der Waals surface area contributed by atoms with Crippen LogP contribution in [0.15, 0.2) is 40.8 Å². The SMILES string of the molecule is CCCOS(=O)(=O)ON(CC)c1ccc(N=Nc2snc[n+]2C)cc1. The summed E-state index contributed by atoms with van der Waals surface area (Å²) in [5, 5.41) is 10.1. The van der Waals surface area contributed by atoms with Crippen LogP contribution in [0.2, 0.25) is 0 Å². The van der Waals surface area contributed by atoms with E-state index in [1.165, 1.54) is 16.6 Å². The van der Waals surface area contributed by atoms with Crippen LogP contribution < -0.4 is 9.63 Å². The van der Waals surface area contributed by atoms with Crippen molar-refractivity contribution >= 4 is 38.4 Å². The molecular formula is C14H20N5O4S2+. The lowest BCUT2D eigenvalue weighted by Crippen LogP contribution is -2.28. The first kappa shape index (κ1) is 19.4. The molecule has 9 nitrogen and oxygen atoms in total. The number of hydroxylamine groups is 1. The Morgan fingerprint density at radius 1 is 1.24 bits per heavy atom. The first-order valence-electron chi connectivity index (χ1n) is 7.63. The Morgan fingerprint density at radius 3 is 2.52 bits per heavy atom. The van der Waals surface area contributed by atoms with Gasteiger partial charge in [0.1, 0.15) is 17.2 Å². The largest absolute Gasteiger partial charge is 0.421 e. The second-order valence-electron chi connectivity index (χ2n) is 4.92. The predicted molar refractivity (Wildman–Crippen MR) is 93.2 cm³/mol. The molecule has 1 aromatic heterocycles. The number of hydrogen-bond acceptors (Lipinski definition) is 9. The fourth-order valence-electron chi connectivity index (χ4n) is 1.73. The Balaban J connectivity index is 2.06. The van der Waals surface area contributed by atoms with E-state index >= 15 is 0 Å². The molecule has 0 unspecified atom stereocenters. The van der Waals surface area contributed by atoms with E-state index in [1.807, 2.05) is 14.0 Å². The molecule has 2 rings (SSSR count). The van der Waals surface area contributed by atoms with Crippen molar-refractivity contribution in [2.24, 2.45) is 17.3 Å². The van der Waals surface area contributed by atoms with Crippen molar-refractivity contribution < 1.29 is 21.5 Å². The first-order chi connectivity index (χ1) is 11.9. The Hall–Kier alpha value is -1.95. The zero-order valence-electron chi connectivity index (χ0n) is 14.2. The second-order valence-corrected chi connectivity index (χ2v) is 6.88. The van der Waals surface area contributed by atoms with Crippen LogP contribution in [0, 0.1) is 0 Å². The standard InChI is InChI=1S/C14H20N5O4S2/c1-4-10-22-25(20,21)23-19(5-2)13-8-6-12(7-9-13)16-17-14-18(3)11-15-24-14/h6-9,11H,4-5,10H2,1-3H3/q+1. The van der Waals surface area contributed by atoms with Crippen LogP contribution in [0.3, 0.4) is 0 Å². The van der Waals surface area contributed by atoms with E-state index in [1.54, 1.807) is 42.1 Å². The minimum absolute atomic E-state index is 0.0776. The van der Waals surface area contributed by atoms with Crippen molar-refractivity contribution in [1.82, 2.24) is 4.37 Å². The number of rotatable bonds is 9. The van der Waals surface area contributed by atoms with Crippen molar-refractivity contribution in [3.05, 3.63) is 30.6 Å². The summed E-state index contributed by atoms with van der Waals surface area (Å²) in [6.07, 6.45) is 2.23. The van der Waals surface area contributed by atoms with Gasteiger partial charge in [0, 0.05) is 11.7 Å². The first-order valence-corrected chi connectivity index (χ1v) is 9.74. The highest BCUT2D eigenvalue weighted by Gasteiger charge is 2.18. The summed E-state index contributed by atoms with van der Waals surface area (Å²) in [6, 6.07) is 6.82. The summed E-state index contributed by atoms with van der Waals surface area (Å²) in [7, 11) is -2.25. The van der Waals surface area contributed by atoms with Gasteiger partial charge in [-0.1, -0.05) is 12.0 Å². The third-order valence-electron chi connectivity index (χ3n) is 2.95. The Kier molecular flexibility index (Phi) is 6.93. The molecule has 0 aliphatic heterocycles. The summed E-state index contributed by atoms with van der Waals surface area (Å²) < 4.78 is 38.9. The van der Waals surface area contributed by atoms with E-state index in [0.29, 0.717) is 29.5 Å². The average Bonchev–Trinajstić information content (AvgIpc) is 3.02. The molecule has 0 atom stereocenters. The molecule has 0 aliphatic carbocycles. The van der Waals surface area contributed by atoms with Gasteiger partial charge in [0.15, 0.2) is 0 Å². The zero-order valence-corrected chi connectivity index (χ0v) is 15.8. The van der Waals surface area contributed by atoms with Gasteiger partial charge in [0.05, 0.1) is 19.3 Å². The molecule has 0 N–H and O–H groups in total. The van der Waals surface area contributed by atoms with Gasteiger partial charge in [-0.25, -0.2) is 13.8 Å². The van der Waals surface area contributed by atoms with Gasteiger partial charge in [-0.2, -0.15) is 8.42 Å². The van der Waals surface area contributed by atoms with E-state index in [9.17, 15) is 8.42 Å². The summed E-state index contributed by atoms with van der Waals surface area (Å²) in [6.45, 7) is 3.99. The Labute approximate surface area is 151 Å². The number of aromatic nitrogens is 2. The maximum atomic E-state index is 11.7. The monoisotopic (exact) mass is 386 g/mol. The fraction of sp³-hybridized carbons (Fsp3) is 0.429. The molecule has 136 valence electrons. The molecule has 0 spiro atoms. The molecule has 11 heteroatoms. The third-order valence-corrected chi connectivity index (χ3v) is 4.50. The van der Waals surface area contributed by atoms with Crippen molar-refractivity contribution in [3.8, 4) is 0 Å². The van der Waals surface area contributed by atoms with Crippen molar-refractivity contribution in [3.63, 3.8) is 0 Å². The fourth-order valence-corrected chi connectivity index (χ4v) is 3.09. The molecule has 0 bridgehead atoms. The molecule has 0 radical (unpaired) electrons. The summed E-state index contributed by atoms with van der Waals surface area (Å²) in [5.41, 5.74) is 1.19. The lowest BCUT2D eigenvalue weighted by molar-refractivity contribution is -0.656. The number of benzene rings is 1.